The Labute approximate surface area is 74.7 Å². The van der Waals surface area contributed by atoms with E-state index in [9.17, 15) is 4.79 Å². The van der Waals surface area contributed by atoms with Crippen molar-refractivity contribution in [2.24, 2.45) is 11.5 Å². The highest BCUT2D eigenvalue weighted by Gasteiger charge is 1.80. The van der Waals surface area contributed by atoms with Gasteiger partial charge < -0.3 is 16.8 Å². The molecule has 0 spiro atoms. The molecule has 74 valence electrons. The van der Waals surface area contributed by atoms with Crippen LogP contribution in [-0.2, 0) is 0 Å². The SMILES string of the molecule is CCCCCCN.CNC(N)=O. The van der Waals surface area contributed by atoms with Crippen LogP contribution in [0.25, 0.3) is 0 Å². The van der Waals surface area contributed by atoms with E-state index in [1.54, 1.807) is 0 Å². The van der Waals surface area contributed by atoms with Gasteiger partial charge >= 0.3 is 6.03 Å². The van der Waals surface area contributed by atoms with E-state index < -0.39 is 6.03 Å². The summed E-state index contributed by atoms with van der Waals surface area (Å²) in [4.78, 5) is 9.48. The molecular formula is C8H21N3O. The molecule has 12 heavy (non-hydrogen) atoms. The number of carbonyl (C=O) groups is 1. The number of hydrogen-bond donors (Lipinski definition) is 3. The van der Waals surface area contributed by atoms with Gasteiger partial charge in [0.15, 0.2) is 0 Å². The molecule has 0 rings (SSSR count). The number of nitrogens with one attached hydrogen (secondary N) is 1. The second kappa shape index (κ2) is 12.9. The summed E-state index contributed by atoms with van der Waals surface area (Å²) in [6.45, 7) is 3.07. The van der Waals surface area contributed by atoms with Gasteiger partial charge in [-0.2, -0.15) is 0 Å². The lowest BCUT2D eigenvalue weighted by atomic mass is 10.2. The molecule has 2 amide bonds. The lowest BCUT2D eigenvalue weighted by Gasteiger charge is -1.90. The summed E-state index contributed by atoms with van der Waals surface area (Å²) in [7, 11) is 1.47. The number of urea groups is 1. The van der Waals surface area contributed by atoms with Crippen molar-refractivity contribution in [3.63, 3.8) is 0 Å². The predicted molar refractivity (Wildman–Crippen MR) is 51.8 cm³/mol. The number of unbranched alkanes of at least 4 members (excludes halogenated alkanes) is 3. The van der Waals surface area contributed by atoms with Crippen LogP contribution in [0.2, 0.25) is 0 Å². The Morgan fingerprint density at radius 2 is 1.83 bits per heavy atom. The van der Waals surface area contributed by atoms with E-state index in [4.69, 9.17) is 5.73 Å². The van der Waals surface area contributed by atoms with Crippen LogP contribution in [0.3, 0.4) is 0 Å². The summed E-state index contributed by atoms with van der Waals surface area (Å²) in [6, 6.07) is -0.495. The number of hydrogen-bond acceptors (Lipinski definition) is 2. The highest BCUT2D eigenvalue weighted by molar-refractivity contribution is 5.71. The van der Waals surface area contributed by atoms with Gasteiger partial charge in [-0.3, -0.25) is 0 Å². The molecule has 0 aliphatic rings. The fourth-order valence-electron chi connectivity index (χ4n) is 0.571. The van der Waals surface area contributed by atoms with Gasteiger partial charge in [0, 0.05) is 7.05 Å². The Morgan fingerprint density at radius 1 is 1.33 bits per heavy atom. The number of nitrogens with two attached hydrogens (primary N) is 2. The standard InChI is InChI=1S/C6H15N.C2H6N2O/c1-2-3-4-5-6-7;1-4-2(3)5/h2-7H2,1H3;1H3,(H3,3,4,5). The Balaban J connectivity index is 0. The van der Waals surface area contributed by atoms with E-state index in [2.05, 4.69) is 18.0 Å². The molecule has 0 radical (unpaired) electrons. The van der Waals surface area contributed by atoms with Gasteiger partial charge in [0.25, 0.3) is 0 Å². The average molecular weight is 175 g/mol. The van der Waals surface area contributed by atoms with Gasteiger partial charge in [-0.1, -0.05) is 26.2 Å². The van der Waals surface area contributed by atoms with Crippen LogP contribution < -0.4 is 16.8 Å². The molecule has 0 aromatic carbocycles. The Bertz CT molecular complexity index is 92.3. The Morgan fingerprint density at radius 3 is 2.08 bits per heavy atom. The largest absolute Gasteiger partial charge is 0.352 e. The first-order chi connectivity index (χ1) is 5.68. The highest BCUT2D eigenvalue weighted by Crippen LogP contribution is 1.95. The minimum absolute atomic E-state index is 0.495. The van der Waals surface area contributed by atoms with Crippen molar-refractivity contribution >= 4 is 6.03 Å². The van der Waals surface area contributed by atoms with Gasteiger partial charge in [-0.25, -0.2) is 4.79 Å². The van der Waals surface area contributed by atoms with E-state index in [1.807, 2.05) is 0 Å². The van der Waals surface area contributed by atoms with Crippen LogP contribution in [0.15, 0.2) is 0 Å². The van der Waals surface area contributed by atoms with Gasteiger partial charge in [-0.15, -0.1) is 0 Å². The molecule has 5 N–H and O–H groups in total. The van der Waals surface area contributed by atoms with Crippen LogP contribution >= 0.6 is 0 Å². The minimum atomic E-state index is -0.495. The normalized spacial score (nSPS) is 8.25. The van der Waals surface area contributed by atoms with Crippen molar-refractivity contribution in [2.45, 2.75) is 32.6 Å². The zero-order valence-corrected chi connectivity index (χ0v) is 8.10. The topological polar surface area (TPSA) is 81.1 Å². The zero-order valence-electron chi connectivity index (χ0n) is 8.10. The van der Waals surface area contributed by atoms with Crippen molar-refractivity contribution in [1.82, 2.24) is 5.32 Å². The monoisotopic (exact) mass is 175 g/mol. The molecule has 0 bridgehead atoms. The van der Waals surface area contributed by atoms with Crippen molar-refractivity contribution in [3.8, 4) is 0 Å². The van der Waals surface area contributed by atoms with Crippen LogP contribution in [-0.4, -0.2) is 19.6 Å². The quantitative estimate of drug-likeness (QED) is 0.553. The predicted octanol–water partition coefficient (Wildman–Crippen LogP) is 0.810. The van der Waals surface area contributed by atoms with Crippen molar-refractivity contribution < 1.29 is 4.79 Å². The molecule has 0 fully saturated rings. The van der Waals surface area contributed by atoms with E-state index in [-0.39, 0.29) is 0 Å². The summed E-state index contributed by atoms with van der Waals surface area (Å²) in [5.41, 5.74) is 9.81. The third-order valence-corrected chi connectivity index (χ3v) is 1.30. The number of carbonyl (C=O) groups excluding carboxylic acids is 1. The van der Waals surface area contributed by atoms with E-state index in [0.717, 1.165) is 6.54 Å². The van der Waals surface area contributed by atoms with Crippen LogP contribution in [0.4, 0.5) is 4.79 Å². The molecule has 0 atom stereocenters. The maximum atomic E-state index is 9.48. The molecule has 0 aliphatic heterocycles. The van der Waals surface area contributed by atoms with Gasteiger partial charge in [0.1, 0.15) is 0 Å². The van der Waals surface area contributed by atoms with Gasteiger partial charge in [0.05, 0.1) is 0 Å². The van der Waals surface area contributed by atoms with Gasteiger partial charge in [0.2, 0.25) is 0 Å². The van der Waals surface area contributed by atoms with Gasteiger partial charge in [-0.05, 0) is 13.0 Å². The highest BCUT2D eigenvalue weighted by atomic mass is 16.2. The van der Waals surface area contributed by atoms with Crippen molar-refractivity contribution in [2.75, 3.05) is 13.6 Å². The van der Waals surface area contributed by atoms with E-state index in [1.165, 1.54) is 32.7 Å². The third kappa shape index (κ3) is 22.9. The van der Waals surface area contributed by atoms with Crippen molar-refractivity contribution in [3.05, 3.63) is 0 Å². The number of amides is 2. The average Bonchev–Trinajstić information content (AvgIpc) is 2.07. The fraction of sp³-hybridized carbons (Fsp3) is 0.875. The lowest BCUT2D eigenvalue weighted by molar-refractivity contribution is 0.251. The van der Waals surface area contributed by atoms with E-state index in [0.29, 0.717) is 0 Å². The second-order valence-corrected chi connectivity index (χ2v) is 2.46. The van der Waals surface area contributed by atoms with Crippen LogP contribution in [0.5, 0.6) is 0 Å². The zero-order chi connectivity index (χ0) is 9.82. The molecule has 0 aliphatic carbocycles. The minimum Gasteiger partial charge on any atom is -0.352 e. The molecule has 0 aromatic rings. The summed E-state index contributed by atoms with van der Waals surface area (Å²) in [6.07, 6.45) is 5.16. The third-order valence-electron chi connectivity index (χ3n) is 1.30. The Hall–Kier alpha value is -0.770. The lowest BCUT2D eigenvalue weighted by Crippen LogP contribution is -2.24. The first-order valence-corrected chi connectivity index (χ1v) is 4.36. The summed E-state index contributed by atoms with van der Waals surface area (Å²) in [5, 5.41) is 2.17. The smallest absolute Gasteiger partial charge is 0.311 e. The van der Waals surface area contributed by atoms with Crippen molar-refractivity contribution in [1.29, 1.82) is 0 Å². The first-order valence-electron chi connectivity index (χ1n) is 4.36. The molecule has 4 heteroatoms. The molecule has 0 saturated carbocycles. The second-order valence-electron chi connectivity index (χ2n) is 2.46. The van der Waals surface area contributed by atoms with Crippen LogP contribution in [0, 0.1) is 0 Å². The fourth-order valence-corrected chi connectivity index (χ4v) is 0.571. The molecular weight excluding hydrogens is 154 g/mol. The van der Waals surface area contributed by atoms with Crippen LogP contribution in [0.1, 0.15) is 32.6 Å². The molecule has 0 aromatic heterocycles. The molecule has 0 heterocycles. The Kier molecular flexibility index (Phi) is 14.8. The maximum absolute atomic E-state index is 9.48. The maximum Gasteiger partial charge on any atom is 0.311 e. The summed E-state index contributed by atoms with van der Waals surface area (Å²) < 4.78 is 0. The molecule has 0 unspecified atom stereocenters. The summed E-state index contributed by atoms with van der Waals surface area (Å²) in [5.74, 6) is 0. The number of rotatable bonds is 4. The van der Waals surface area contributed by atoms with E-state index >= 15 is 0 Å². The first kappa shape index (κ1) is 13.8. The molecule has 4 nitrogen and oxygen atoms in total. The molecule has 0 saturated heterocycles. The summed E-state index contributed by atoms with van der Waals surface area (Å²) >= 11 is 0. The number of primary amides is 1.